The molecule has 8 heteroatoms. The minimum atomic E-state index is -0.348. The summed E-state index contributed by atoms with van der Waals surface area (Å²) in [5.74, 6) is -0.0194. The zero-order chi connectivity index (χ0) is 20.5. The lowest BCUT2D eigenvalue weighted by molar-refractivity contribution is -0.114. The van der Waals surface area contributed by atoms with Gasteiger partial charge < -0.3 is 19.6 Å². The van der Waals surface area contributed by atoms with Crippen molar-refractivity contribution in [2.45, 2.75) is 20.8 Å². The van der Waals surface area contributed by atoms with Crippen molar-refractivity contribution in [2.75, 3.05) is 10.6 Å². The number of carbonyl (C=O) groups is 2. The fourth-order valence-electron chi connectivity index (χ4n) is 3.11. The first-order valence-electron chi connectivity index (χ1n) is 8.93. The molecule has 8 nitrogen and oxygen atoms in total. The van der Waals surface area contributed by atoms with Crippen LogP contribution in [0.3, 0.4) is 0 Å². The predicted octanol–water partition coefficient (Wildman–Crippen LogP) is 4.31. The van der Waals surface area contributed by atoms with E-state index in [9.17, 15) is 9.59 Å². The first-order valence-corrected chi connectivity index (χ1v) is 8.93. The topological polar surface area (TPSA) is 110 Å². The van der Waals surface area contributed by atoms with Gasteiger partial charge in [0.2, 0.25) is 5.91 Å². The molecule has 29 heavy (non-hydrogen) atoms. The predicted molar refractivity (Wildman–Crippen MR) is 108 cm³/mol. The number of hydrogen-bond acceptors (Lipinski definition) is 6. The quantitative estimate of drug-likeness (QED) is 0.537. The van der Waals surface area contributed by atoms with Crippen molar-refractivity contribution < 1.29 is 18.5 Å². The van der Waals surface area contributed by atoms with Crippen LogP contribution in [0.2, 0.25) is 0 Å². The molecule has 3 aromatic heterocycles. The fraction of sp³-hybridized carbons (Fsp3) is 0.143. The minimum Gasteiger partial charge on any atom is -0.463 e. The number of furan rings is 1. The number of hydrogen-bond donors (Lipinski definition) is 2. The number of rotatable bonds is 4. The summed E-state index contributed by atoms with van der Waals surface area (Å²) >= 11 is 0. The SMILES string of the molecule is CC(=O)Nc1cccc(NC(=O)c2cc(-c3ccco3)nc3onc(C)c23)c1C. The summed E-state index contributed by atoms with van der Waals surface area (Å²) in [4.78, 5) is 29.0. The highest BCUT2D eigenvalue weighted by Gasteiger charge is 2.21. The number of amides is 2. The molecule has 0 unspecified atom stereocenters. The first kappa shape index (κ1) is 18.4. The summed E-state index contributed by atoms with van der Waals surface area (Å²) in [5.41, 5.74) is 3.61. The van der Waals surface area contributed by atoms with Crippen LogP contribution in [0.5, 0.6) is 0 Å². The number of anilines is 2. The van der Waals surface area contributed by atoms with Crippen LogP contribution < -0.4 is 10.6 Å². The lowest BCUT2D eigenvalue weighted by atomic mass is 10.1. The lowest BCUT2D eigenvalue weighted by Gasteiger charge is -2.13. The van der Waals surface area contributed by atoms with E-state index < -0.39 is 0 Å². The smallest absolute Gasteiger partial charge is 0.259 e. The van der Waals surface area contributed by atoms with Gasteiger partial charge in [0.15, 0.2) is 5.76 Å². The van der Waals surface area contributed by atoms with Gasteiger partial charge in [-0.3, -0.25) is 9.59 Å². The number of aromatic nitrogens is 2. The average Bonchev–Trinajstić information content (AvgIpc) is 3.34. The molecule has 2 amide bonds. The molecule has 0 saturated heterocycles. The molecule has 0 aliphatic heterocycles. The van der Waals surface area contributed by atoms with Crippen LogP contribution in [0.15, 0.2) is 51.6 Å². The molecule has 1 aromatic carbocycles. The van der Waals surface area contributed by atoms with Gasteiger partial charge in [0, 0.05) is 18.3 Å². The highest BCUT2D eigenvalue weighted by atomic mass is 16.5. The number of pyridine rings is 1. The van der Waals surface area contributed by atoms with E-state index in [-0.39, 0.29) is 17.5 Å². The molecule has 0 aliphatic rings. The second-order valence-corrected chi connectivity index (χ2v) is 6.59. The monoisotopic (exact) mass is 390 g/mol. The summed E-state index contributed by atoms with van der Waals surface area (Å²) in [6, 6.07) is 10.4. The van der Waals surface area contributed by atoms with Crippen molar-refractivity contribution in [2.24, 2.45) is 0 Å². The Hall–Kier alpha value is -3.94. The molecule has 0 spiro atoms. The fourth-order valence-corrected chi connectivity index (χ4v) is 3.11. The van der Waals surface area contributed by atoms with Crippen LogP contribution in [0.25, 0.3) is 22.6 Å². The van der Waals surface area contributed by atoms with Gasteiger partial charge in [0.25, 0.3) is 11.6 Å². The highest BCUT2D eigenvalue weighted by Crippen LogP contribution is 2.29. The van der Waals surface area contributed by atoms with Crippen molar-refractivity contribution in [1.29, 1.82) is 0 Å². The molecule has 0 atom stereocenters. The van der Waals surface area contributed by atoms with E-state index >= 15 is 0 Å². The summed E-state index contributed by atoms with van der Waals surface area (Å²) in [6.45, 7) is 5.00. The van der Waals surface area contributed by atoms with Gasteiger partial charge in [-0.15, -0.1) is 0 Å². The maximum absolute atomic E-state index is 13.2. The van der Waals surface area contributed by atoms with E-state index in [1.807, 2.05) is 6.92 Å². The summed E-state index contributed by atoms with van der Waals surface area (Å²) in [7, 11) is 0. The number of aryl methyl sites for hydroxylation is 1. The van der Waals surface area contributed by atoms with Crippen molar-refractivity contribution in [3.8, 4) is 11.5 Å². The van der Waals surface area contributed by atoms with Crippen molar-refractivity contribution >= 4 is 34.3 Å². The van der Waals surface area contributed by atoms with Crippen LogP contribution in [-0.2, 0) is 4.79 Å². The summed E-state index contributed by atoms with van der Waals surface area (Å²) in [5, 5.41) is 10.1. The van der Waals surface area contributed by atoms with E-state index in [1.165, 1.54) is 13.2 Å². The Labute approximate surface area is 165 Å². The molecule has 0 aliphatic carbocycles. The Morgan fingerprint density at radius 3 is 2.48 bits per heavy atom. The van der Waals surface area contributed by atoms with E-state index in [0.717, 1.165) is 5.56 Å². The Morgan fingerprint density at radius 2 is 1.79 bits per heavy atom. The van der Waals surface area contributed by atoms with E-state index in [1.54, 1.807) is 43.3 Å². The van der Waals surface area contributed by atoms with Gasteiger partial charge in [-0.2, -0.15) is 0 Å². The summed E-state index contributed by atoms with van der Waals surface area (Å²) in [6.07, 6.45) is 1.53. The van der Waals surface area contributed by atoms with Crippen molar-refractivity contribution in [3.63, 3.8) is 0 Å². The van der Waals surface area contributed by atoms with E-state index in [2.05, 4.69) is 20.8 Å². The van der Waals surface area contributed by atoms with Crippen molar-refractivity contribution in [3.05, 3.63) is 59.5 Å². The van der Waals surface area contributed by atoms with Crippen LogP contribution in [0.1, 0.15) is 28.5 Å². The third-order valence-corrected chi connectivity index (χ3v) is 4.53. The van der Waals surface area contributed by atoms with Crippen LogP contribution in [0.4, 0.5) is 11.4 Å². The third-order valence-electron chi connectivity index (χ3n) is 4.53. The standard InChI is InChI=1S/C21H18N4O4/c1-11-15(22-13(3)26)6-4-7-16(11)23-20(27)14-10-17(18-8-5-9-28-18)24-21-19(14)12(2)25-29-21/h4-10H,1-3H3,(H,22,26)(H,23,27). The Bertz CT molecular complexity index is 1230. The van der Waals surface area contributed by atoms with Crippen LogP contribution in [-0.4, -0.2) is 22.0 Å². The second-order valence-electron chi connectivity index (χ2n) is 6.59. The molecule has 4 rings (SSSR count). The van der Waals surface area contributed by atoms with Gasteiger partial charge in [0.05, 0.1) is 22.9 Å². The van der Waals surface area contributed by atoms with Crippen LogP contribution >= 0.6 is 0 Å². The van der Waals surface area contributed by atoms with Crippen molar-refractivity contribution in [1.82, 2.24) is 10.1 Å². The zero-order valence-electron chi connectivity index (χ0n) is 16.1. The number of carbonyl (C=O) groups excluding carboxylic acids is 2. The molecular weight excluding hydrogens is 372 g/mol. The molecule has 3 heterocycles. The first-order chi connectivity index (χ1) is 13.9. The Kier molecular flexibility index (Phi) is 4.59. The molecule has 0 saturated carbocycles. The number of nitrogens with zero attached hydrogens (tertiary/aromatic N) is 2. The maximum Gasteiger partial charge on any atom is 0.259 e. The Balaban J connectivity index is 1.76. The molecule has 0 bridgehead atoms. The largest absolute Gasteiger partial charge is 0.463 e. The normalized spacial score (nSPS) is 10.9. The van der Waals surface area contributed by atoms with Gasteiger partial charge in [0.1, 0.15) is 5.69 Å². The molecule has 146 valence electrons. The van der Waals surface area contributed by atoms with Crippen LogP contribution in [0, 0.1) is 13.8 Å². The molecule has 0 fully saturated rings. The summed E-state index contributed by atoms with van der Waals surface area (Å²) < 4.78 is 10.7. The lowest BCUT2D eigenvalue weighted by Crippen LogP contribution is -2.15. The highest BCUT2D eigenvalue weighted by molar-refractivity contribution is 6.13. The third kappa shape index (κ3) is 3.47. The van der Waals surface area contributed by atoms with E-state index in [4.69, 9.17) is 8.94 Å². The molecule has 2 N–H and O–H groups in total. The average molecular weight is 390 g/mol. The number of nitrogens with one attached hydrogen (secondary N) is 2. The van der Waals surface area contributed by atoms with Gasteiger partial charge in [-0.25, -0.2) is 4.98 Å². The second kappa shape index (κ2) is 7.23. The van der Waals surface area contributed by atoms with E-state index in [0.29, 0.717) is 39.5 Å². The van der Waals surface area contributed by atoms with Gasteiger partial charge >= 0.3 is 0 Å². The Morgan fingerprint density at radius 1 is 1.03 bits per heavy atom. The maximum atomic E-state index is 13.2. The molecular formula is C21H18N4O4. The zero-order valence-corrected chi connectivity index (χ0v) is 16.1. The minimum absolute atomic E-state index is 0.185. The molecule has 0 radical (unpaired) electrons. The van der Waals surface area contributed by atoms with Gasteiger partial charge in [-0.1, -0.05) is 11.2 Å². The number of fused-ring (bicyclic) bond motifs is 1. The van der Waals surface area contributed by atoms with Gasteiger partial charge in [-0.05, 0) is 49.7 Å². The number of benzene rings is 1. The molecule has 4 aromatic rings.